The van der Waals surface area contributed by atoms with Crippen molar-refractivity contribution in [1.29, 1.82) is 0 Å². The summed E-state index contributed by atoms with van der Waals surface area (Å²) in [5.74, 6) is 0.743. The van der Waals surface area contributed by atoms with E-state index in [-0.39, 0.29) is 11.1 Å². The first-order valence-electron chi connectivity index (χ1n) is 7.27. The van der Waals surface area contributed by atoms with Gasteiger partial charge in [0.25, 0.3) is 10.0 Å². The van der Waals surface area contributed by atoms with Crippen molar-refractivity contribution in [3.05, 3.63) is 12.0 Å². The van der Waals surface area contributed by atoms with Gasteiger partial charge in [-0.05, 0) is 39.8 Å². The molecule has 0 spiro atoms. The zero-order chi connectivity index (χ0) is 14.8. The molecular formula is C13H24N4O2S. The van der Waals surface area contributed by atoms with Gasteiger partial charge in [0.15, 0.2) is 5.03 Å². The molecule has 1 aliphatic rings. The van der Waals surface area contributed by atoms with E-state index in [0.29, 0.717) is 6.54 Å². The molecule has 1 saturated heterocycles. The van der Waals surface area contributed by atoms with Gasteiger partial charge in [-0.1, -0.05) is 6.92 Å². The molecule has 1 aromatic heterocycles. The fourth-order valence-electron chi connectivity index (χ4n) is 2.76. The molecule has 0 unspecified atom stereocenters. The molecule has 0 aliphatic carbocycles. The third kappa shape index (κ3) is 2.89. The van der Waals surface area contributed by atoms with Crippen LogP contribution in [-0.2, 0) is 16.6 Å². The number of nitrogens with zero attached hydrogens (tertiary/aromatic N) is 3. The van der Waals surface area contributed by atoms with Crippen LogP contribution in [0.2, 0.25) is 0 Å². The first-order chi connectivity index (χ1) is 9.50. The Balaban J connectivity index is 2.30. The Labute approximate surface area is 121 Å². The third-order valence-corrected chi connectivity index (χ3v) is 5.79. The van der Waals surface area contributed by atoms with Crippen LogP contribution >= 0.6 is 0 Å². The van der Waals surface area contributed by atoms with E-state index in [1.807, 2.05) is 25.3 Å². The van der Waals surface area contributed by atoms with Crippen molar-refractivity contribution in [1.82, 2.24) is 19.2 Å². The van der Waals surface area contributed by atoms with Gasteiger partial charge in [0.1, 0.15) is 5.82 Å². The number of rotatable bonds is 5. The second-order valence-corrected chi connectivity index (χ2v) is 6.94. The van der Waals surface area contributed by atoms with Crippen LogP contribution in [0.4, 0.5) is 0 Å². The van der Waals surface area contributed by atoms with Crippen molar-refractivity contribution in [3.8, 4) is 0 Å². The lowest BCUT2D eigenvalue weighted by atomic mass is 10.1. The van der Waals surface area contributed by atoms with Crippen molar-refractivity contribution in [2.45, 2.75) is 51.2 Å². The number of hydrogen-bond donors (Lipinski definition) is 1. The van der Waals surface area contributed by atoms with Crippen LogP contribution in [0.1, 0.15) is 32.5 Å². The lowest BCUT2D eigenvalue weighted by molar-refractivity contribution is 0.270. The van der Waals surface area contributed by atoms with Crippen molar-refractivity contribution >= 4 is 10.0 Å². The van der Waals surface area contributed by atoms with E-state index in [1.165, 1.54) is 0 Å². The number of imidazole rings is 1. The third-order valence-electron chi connectivity index (χ3n) is 3.90. The number of sulfonamides is 1. The fourth-order valence-corrected chi connectivity index (χ4v) is 4.45. The Morgan fingerprint density at radius 2 is 2.05 bits per heavy atom. The van der Waals surface area contributed by atoms with Gasteiger partial charge < -0.3 is 9.88 Å². The molecule has 0 amide bonds. The molecule has 2 rings (SSSR count). The van der Waals surface area contributed by atoms with Crippen molar-refractivity contribution in [2.75, 3.05) is 19.6 Å². The predicted molar refractivity (Wildman–Crippen MR) is 78.1 cm³/mol. The van der Waals surface area contributed by atoms with E-state index >= 15 is 0 Å². The van der Waals surface area contributed by atoms with Gasteiger partial charge >= 0.3 is 0 Å². The van der Waals surface area contributed by atoms with Gasteiger partial charge in [-0.2, -0.15) is 4.31 Å². The minimum Gasteiger partial charge on any atom is -0.334 e. The molecule has 0 atom stereocenters. The van der Waals surface area contributed by atoms with E-state index in [4.69, 9.17) is 0 Å². The molecule has 0 bridgehead atoms. The van der Waals surface area contributed by atoms with Crippen molar-refractivity contribution in [3.63, 3.8) is 0 Å². The number of aryl methyl sites for hydroxylation is 2. The Morgan fingerprint density at radius 3 is 2.55 bits per heavy atom. The van der Waals surface area contributed by atoms with Crippen LogP contribution in [0.25, 0.3) is 0 Å². The number of hydrogen-bond acceptors (Lipinski definition) is 4. The number of nitrogens with one attached hydrogen (secondary N) is 1. The lowest BCUT2D eigenvalue weighted by Crippen LogP contribution is -2.46. The van der Waals surface area contributed by atoms with Crippen LogP contribution in [0.5, 0.6) is 0 Å². The van der Waals surface area contributed by atoms with Crippen LogP contribution in [-0.4, -0.2) is 48.0 Å². The first kappa shape index (κ1) is 15.5. The SMILES string of the molecule is CCN(C1CCNCC1)S(=O)(=O)c1cn(CC)c(C)n1. The average molecular weight is 300 g/mol. The number of piperidine rings is 1. The molecule has 20 heavy (non-hydrogen) atoms. The average Bonchev–Trinajstić information content (AvgIpc) is 2.82. The van der Waals surface area contributed by atoms with E-state index in [0.717, 1.165) is 38.3 Å². The summed E-state index contributed by atoms with van der Waals surface area (Å²) in [5, 5.41) is 3.44. The molecule has 114 valence electrons. The Bertz CT molecular complexity index is 547. The second-order valence-electron chi connectivity index (χ2n) is 5.10. The van der Waals surface area contributed by atoms with E-state index in [9.17, 15) is 8.42 Å². The molecule has 6 nitrogen and oxygen atoms in total. The van der Waals surface area contributed by atoms with Crippen LogP contribution in [0.15, 0.2) is 11.2 Å². The first-order valence-corrected chi connectivity index (χ1v) is 8.71. The summed E-state index contributed by atoms with van der Waals surface area (Å²) in [6.07, 6.45) is 3.37. The molecule has 0 aromatic carbocycles. The summed E-state index contributed by atoms with van der Waals surface area (Å²) >= 11 is 0. The Hall–Kier alpha value is -0.920. The Morgan fingerprint density at radius 1 is 1.40 bits per heavy atom. The summed E-state index contributed by atoms with van der Waals surface area (Å²) in [5.41, 5.74) is 0. The van der Waals surface area contributed by atoms with E-state index < -0.39 is 10.0 Å². The van der Waals surface area contributed by atoms with Gasteiger partial charge in [0.05, 0.1) is 0 Å². The monoisotopic (exact) mass is 300 g/mol. The highest BCUT2D eigenvalue weighted by Crippen LogP contribution is 2.21. The maximum Gasteiger partial charge on any atom is 0.262 e. The predicted octanol–water partition coefficient (Wildman–Crippen LogP) is 0.974. The Kier molecular flexibility index (Phi) is 4.82. The highest BCUT2D eigenvalue weighted by Gasteiger charge is 2.32. The molecule has 1 N–H and O–H groups in total. The molecule has 0 radical (unpaired) electrons. The summed E-state index contributed by atoms with van der Waals surface area (Å²) in [6, 6.07) is 0.0818. The molecule has 1 fully saturated rings. The van der Waals surface area contributed by atoms with Gasteiger partial charge in [-0.15, -0.1) is 0 Å². The molecule has 2 heterocycles. The van der Waals surface area contributed by atoms with Crippen LogP contribution in [0.3, 0.4) is 0 Å². The normalized spacial score (nSPS) is 17.8. The maximum absolute atomic E-state index is 12.8. The molecule has 7 heteroatoms. The molecule has 0 saturated carbocycles. The van der Waals surface area contributed by atoms with Gasteiger partial charge in [0, 0.05) is 25.3 Å². The van der Waals surface area contributed by atoms with Gasteiger partial charge in [-0.3, -0.25) is 0 Å². The maximum atomic E-state index is 12.8. The zero-order valence-electron chi connectivity index (χ0n) is 12.5. The fraction of sp³-hybridized carbons (Fsp3) is 0.769. The smallest absolute Gasteiger partial charge is 0.262 e. The second kappa shape index (κ2) is 6.24. The van der Waals surface area contributed by atoms with Crippen molar-refractivity contribution < 1.29 is 8.42 Å². The van der Waals surface area contributed by atoms with E-state index in [2.05, 4.69) is 10.3 Å². The topological polar surface area (TPSA) is 67.2 Å². The quantitative estimate of drug-likeness (QED) is 0.880. The lowest BCUT2D eigenvalue weighted by Gasteiger charge is -2.32. The summed E-state index contributed by atoms with van der Waals surface area (Å²) < 4.78 is 29.0. The molecule has 1 aromatic rings. The largest absolute Gasteiger partial charge is 0.334 e. The zero-order valence-corrected chi connectivity index (χ0v) is 13.3. The highest BCUT2D eigenvalue weighted by molar-refractivity contribution is 7.89. The van der Waals surface area contributed by atoms with Gasteiger partial charge in [-0.25, -0.2) is 13.4 Å². The van der Waals surface area contributed by atoms with Crippen LogP contribution < -0.4 is 5.32 Å². The minimum atomic E-state index is -3.49. The number of aromatic nitrogens is 2. The molecule has 1 aliphatic heterocycles. The van der Waals surface area contributed by atoms with Crippen LogP contribution in [0, 0.1) is 6.92 Å². The summed E-state index contributed by atoms with van der Waals surface area (Å²) in [6.45, 7) is 8.68. The highest BCUT2D eigenvalue weighted by atomic mass is 32.2. The molecular weight excluding hydrogens is 276 g/mol. The standard InChI is InChI=1S/C13H24N4O2S/c1-4-16-10-13(15-11(16)3)20(18,19)17(5-2)12-6-8-14-9-7-12/h10,12,14H,4-9H2,1-3H3. The minimum absolute atomic E-state index is 0.0818. The summed E-state index contributed by atoms with van der Waals surface area (Å²) in [7, 11) is -3.49. The summed E-state index contributed by atoms with van der Waals surface area (Å²) in [4.78, 5) is 4.23. The van der Waals surface area contributed by atoms with Gasteiger partial charge in [0.2, 0.25) is 0 Å². The van der Waals surface area contributed by atoms with E-state index in [1.54, 1.807) is 10.5 Å². The van der Waals surface area contributed by atoms with Crippen molar-refractivity contribution in [2.24, 2.45) is 0 Å².